The van der Waals surface area contributed by atoms with Gasteiger partial charge < -0.3 is 30.0 Å². The van der Waals surface area contributed by atoms with Crippen LogP contribution in [0.15, 0.2) is 42.5 Å². The number of anilines is 1. The molecule has 0 aromatic heterocycles. The van der Waals surface area contributed by atoms with Gasteiger partial charge in [-0.2, -0.15) is 0 Å². The number of carbonyl (C=O) groups is 3. The summed E-state index contributed by atoms with van der Waals surface area (Å²) in [5, 5.41) is 2.59. The molecule has 0 saturated carbocycles. The normalized spacial score (nSPS) is 11.6. The van der Waals surface area contributed by atoms with Gasteiger partial charge in [-0.1, -0.05) is 12.1 Å². The second-order valence-corrected chi connectivity index (χ2v) is 5.44. The van der Waals surface area contributed by atoms with Crippen LogP contribution in [0.3, 0.4) is 0 Å². The number of primary amides is 1. The number of hydrogen-bond acceptors (Lipinski definition) is 7. The fourth-order valence-electron chi connectivity index (χ4n) is 2.29. The predicted octanol–water partition coefficient (Wildman–Crippen LogP) is 1.07. The topological polar surface area (TPSA) is 126 Å². The van der Waals surface area contributed by atoms with E-state index < -0.39 is 24.4 Å². The van der Waals surface area contributed by atoms with Gasteiger partial charge in [-0.3, -0.25) is 9.59 Å². The number of esters is 1. The lowest BCUT2D eigenvalue weighted by molar-refractivity contribution is -0.120. The Kier molecular flexibility index (Phi) is 5.41. The molecule has 9 heteroatoms. The molecule has 0 fully saturated rings. The van der Waals surface area contributed by atoms with Gasteiger partial charge in [0.05, 0.1) is 0 Å². The van der Waals surface area contributed by atoms with E-state index in [1.165, 1.54) is 12.1 Å². The van der Waals surface area contributed by atoms with E-state index in [0.717, 1.165) is 0 Å². The highest BCUT2D eigenvalue weighted by atomic mass is 16.7. The van der Waals surface area contributed by atoms with Gasteiger partial charge in [0.1, 0.15) is 11.3 Å². The minimum atomic E-state index is -0.768. The lowest BCUT2D eigenvalue weighted by Crippen LogP contribution is -2.22. The number of benzene rings is 2. The number of nitrogens with one attached hydrogen (secondary N) is 1. The van der Waals surface area contributed by atoms with Gasteiger partial charge >= 0.3 is 5.97 Å². The van der Waals surface area contributed by atoms with Crippen molar-refractivity contribution >= 4 is 23.5 Å². The first-order valence-electron chi connectivity index (χ1n) is 7.89. The smallest absolute Gasteiger partial charge is 0.342 e. The molecule has 140 valence electrons. The van der Waals surface area contributed by atoms with Crippen LogP contribution in [-0.4, -0.2) is 37.8 Å². The Balaban J connectivity index is 1.56. The summed E-state index contributed by atoms with van der Waals surface area (Å²) in [6, 6.07) is 11.1. The molecule has 2 aromatic carbocycles. The summed E-state index contributed by atoms with van der Waals surface area (Å²) in [6.45, 7) is -0.756. The van der Waals surface area contributed by atoms with Crippen LogP contribution in [0, 0.1) is 0 Å². The minimum absolute atomic E-state index is 0.0784. The van der Waals surface area contributed by atoms with Crippen LogP contribution in [-0.2, 0) is 14.3 Å². The molecule has 1 aliphatic heterocycles. The third kappa shape index (κ3) is 4.66. The molecule has 2 amide bonds. The zero-order valence-corrected chi connectivity index (χ0v) is 14.1. The van der Waals surface area contributed by atoms with E-state index in [2.05, 4.69) is 5.32 Å². The number of para-hydroxylation sites is 1. The van der Waals surface area contributed by atoms with Crippen molar-refractivity contribution < 1.29 is 33.3 Å². The van der Waals surface area contributed by atoms with Gasteiger partial charge in [-0.25, -0.2) is 4.79 Å². The predicted molar refractivity (Wildman–Crippen MR) is 92.6 cm³/mol. The first kappa shape index (κ1) is 18.1. The monoisotopic (exact) mass is 372 g/mol. The Labute approximate surface area is 154 Å². The highest BCUT2D eigenvalue weighted by Crippen LogP contribution is 2.34. The van der Waals surface area contributed by atoms with Crippen LogP contribution in [0.2, 0.25) is 0 Å². The van der Waals surface area contributed by atoms with Crippen LogP contribution >= 0.6 is 0 Å². The molecule has 0 saturated heterocycles. The molecule has 0 bridgehead atoms. The van der Waals surface area contributed by atoms with E-state index in [0.29, 0.717) is 17.2 Å². The van der Waals surface area contributed by atoms with Crippen LogP contribution in [0.25, 0.3) is 0 Å². The fourth-order valence-corrected chi connectivity index (χ4v) is 2.29. The van der Waals surface area contributed by atoms with E-state index in [1.807, 2.05) is 0 Å². The molecule has 0 radical (unpaired) electrons. The van der Waals surface area contributed by atoms with Gasteiger partial charge in [-0.15, -0.1) is 0 Å². The molecule has 0 atom stereocenters. The number of hydrogen-bond donors (Lipinski definition) is 2. The standard InChI is InChI=1S/C18H16N2O7/c19-16(21)8-24-13-4-2-1-3-12(13)18(23)25-9-17(22)20-11-5-6-14-15(7-11)27-10-26-14/h1-7H,8-10H2,(H2,19,21)(H,20,22). The number of amides is 2. The maximum atomic E-state index is 12.2. The van der Waals surface area contributed by atoms with Gasteiger partial charge in [0, 0.05) is 11.8 Å². The van der Waals surface area contributed by atoms with Crippen LogP contribution in [0.4, 0.5) is 5.69 Å². The number of rotatable bonds is 7. The average Bonchev–Trinajstić information content (AvgIpc) is 3.12. The van der Waals surface area contributed by atoms with Crippen molar-refractivity contribution in [2.24, 2.45) is 5.73 Å². The minimum Gasteiger partial charge on any atom is -0.483 e. The van der Waals surface area contributed by atoms with E-state index in [1.54, 1.807) is 30.3 Å². The second-order valence-electron chi connectivity index (χ2n) is 5.44. The van der Waals surface area contributed by atoms with Crippen molar-refractivity contribution in [3.05, 3.63) is 48.0 Å². The lowest BCUT2D eigenvalue weighted by Gasteiger charge is -2.10. The molecular weight excluding hydrogens is 356 g/mol. The second kappa shape index (κ2) is 8.09. The van der Waals surface area contributed by atoms with Gasteiger partial charge in [0.15, 0.2) is 24.7 Å². The quantitative estimate of drug-likeness (QED) is 0.696. The number of nitrogens with two attached hydrogens (primary N) is 1. The van der Waals surface area contributed by atoms with Gasteiger partial charge in [-0.05, 0) is 24.3 Å². The van der Waals surface area contributed by atoms with Crippen molar-refractivity contribution in [2.45, 2.75) is 0 Å². The lowest BCUT2D eigenvalue weighted by atomic mass is 10.2. The van der Waals surface area contributed by atoms with Crippen molar-refractivity contribution in [3.8, 4) is 17.2 Å². The Hall–Kier alpha value is -3.75. The molecule has 1 aliphatic rings. The van der Waals surface area contributed by atoms with Crippen LogP contribution < -0.4 is 25.3 Å². The van der Waals surface area contributed by atoms with Crippen molar-refractivity contribution in [3.63, 3.8) is 0 Å². The number of carbonyl (C=O) groups excluding carboxylic acids is 3. The highest BCUT2D eigenvalue weighted by Gasteiger charge is 2.17. The van der Waals surface area contributed by atoms with Crippen molar-refractivity contribution in [1.29, 1.82) is 0 Å². The van der Waals surface area contributed by atoms with E-state index in [9.17, 15) is 14.4 Å². The maximum absolute atomic E-state index is 12.2. The SMILES string of the molecule is NC(=O)COc1ccccc1C(=O)OCC(=O)Nc1ccc2c(c1)OCO2. The number of ether oxygens (including phenoxy) is 4. The summed E-state index contributed by atoms with van der Waals surface area (Å²) in [6.07, 6.45) is 0. The molecule has 9 nitrogen and oxygen atoms in total. The Morgan fingerprint density at radius 1 is 1.04 bits per heavy atom. The molecular formula is C18H16N2O7. The van der Waals surface area contributed by atoms with Crippen molar-refractivity contribution in [1.82, 2.24) is 0 Å². The average molecular weight is 372 g/mol. The highest BCUT2D eigenvalue weighted by molar-refractivity contribution is 5.97. The van der Waals surface area contributed by atoms with Crippen LogP contribution in [0.5, 0.6) is 17.2 Å². The molecule has 3 rings (SSSR count). The van der Waals surface area contributed by atoms with E-state index >= 15 is 0 Å². The molecule has 2 aromatic rings. The molecule has 0 unspecified atom stereocenters. The molecule has 3 N–H and O–H groups in total. The van der Waals surface area contributed by atoms with E-state index in [4.69, 9.17) is 24.7 Å². The summed E-state index contributed by atoms with van der Waals surface area (Å²) >= 11 is 0. The molecule has 27 heavy (non-hydrogen) atoms. The zero-order valence-electron chi connectivity index (χ0n) is 14.1. The molecule has 1 heterocycles. The van der Waals surface area contributed by atoms with Crippen molar-refractivity contribution in [2.75, 3.05) is 25.3 Å². The van der Waals surface area contributed by atoms with E-state index in [-0.39, 0.29) is 24.7 Å². The molecule has 0 spiro atoms. The maximum Gasteiger partial charge on any atom is 0.342 e. The summed E-state index contributed by atoms with van der Waals surface area (Å²) in [5.74, 6) is -0.732. The number of fused-ring (bicyclic) bond motifs is 1. The molecule has 0 aliphatic carbocycles. The third-order valence-corrected chi connectivity index (χ3v) is 3.47. The summed E-state index contributed by atoms with van der Waals surface area (Å²) in [4.78, 5) is 35.0. The first-order valence-corrected chi connectivity index (χ1v) is 7.89. The zero-order chi connectivity index (χ0) is 19.2. The Bertz CT molecular complexity index is 882. The van der Waals surface area contributed by atoms with Gasteiger partial charge in [0.25, 0.3) is 11.8 Å². The van der Waals surface area contributed by atoms with Crippen LogP contribution in [0.1, 0.15) is 10.4 Å². The summed E-state index contributed by atoms with van der Waals surface area (Å²) < 4.78 is 20.6. The Morgan fingerprint density at radius 2 is 1.81 bits per heavy atom. The van der Waals surface area contributed by atoms with Gasteiger partial charge in [0.2, 0.25) is 6.79 Å². The largest absolute Gasteiger partial charge is 0.483 e. The first-order chi connectivity index (χ1) is 13.0. The fraction of sp³-hybridized carbons (Fsp3) is 0.167. The third-order valence-electron chi connectivity index (χ3n) is 3.47. The summed E-state index contributed by atoms with van der Waals surface area (Å²) in [5.41, 5.74) is 5.58. The Morgan fingerprint density at radius 3 is 2.63 bits per heavy atom. The summed E-state index contributed by atoms with van der Waals surface area (Å²) in [7, 11) is 0.